The number of hydrogen-bond acceptors (Lipinski definition) is 3. The Balaban J connectivity index is 1.36. The quantitative estimate of drug-likeness (QED) is 0.781. The predicted molar refractivity (Wildman–Crippen MR) is 104 cm³/mol. The SMILES string of the molecule is OC(CC1CCCC1c1ccccc1)[SH]1C(C2CC2)=Nc2cncn21. The number of imidazole rings is 1. The number of fused-ring (bicyclic) bond motifs is 1. The van der Waals surface area contributed by atoms with Crippen molar-refractivity contribution in [2.24, 2.45) is 16.8 Å². The number of aliphatic imine (C=N–C) groups is 1. The van der Waals surface area contributed by atoms with Crippen molar-refractivity contribution in [3.63, 3.8) is 0 Å². The van der Waals surface area contributed by atoms with Crippen molar-refractivity contribution in [2.45, 2.75) is 49.9 Å². The van der Waals surface area contributed by atoms with Crippen LogP contribution in [-0.2, 0) is 0 Å². The Morgan fingerprint density at radius 1 is 1.16 bits per heavy atom. The summed E-state index contributed by atoms with van der Waals surface area (Å²) >= 11 is -0.770. The van der Waals surface area contributed by atoms with Crippen LogP contribution in [-0.4, -0.2) is 24.5 Å². The van der Waals surface area contributed by atoms with E-state index in [1.165, 1.54) is 42.7 Å². The van der Waals surface area contributed by atoms with Gasteiger partial charge in [-0.05, 0) is 49.5 Å². The lowest BCUT2D eigenvalue weighted by atomic mass is 9.87. The van der Waals surface area contributed by atoms with Crippen LogP contribution in [0.2, 0.25) is 0 Å². The average molecular weight is 356 g/mol. The Kier molecular flexibility index (Phi) is 3.94. The molecule has 25 heavy (non-hydrogen) atoms. The van der Waals surface area contributed by atoms with Crippen LogP contribution in [0, 0.1) is 11.8 Å². The molecule has 132 valence electrons. The van der Waals surface area contributed by atoms with Crippen molar-refractivity contribution in [1.82, 2.24) is 8.96 Å². The number of nitrogens with zero attached hydrogens (tertiary/aromatic N) is 3. The summed E-state index contributed by atoms with van der Waals surface area (Å²) in [6.45, 7) is 0. The summed E-state index contributed by atoms with van der Waals surface area (Å²) in [5.41, 5.74) is 1.13. The summed E-state index contributed by atoms with van der Waals surface area (Å²) in [7, 11) is 0. The van der Waals surface area contributed by atoms with E-state index in [-0.39, 0.29) is 5.44 Å². The molecule has 1 aromatic heterocycles. The van der Waals surface area contributed by atoms with Gasteiger partial charge in [0.05, 0.1) is 11.2 Å². The summed E-state index contributed by atoms with van der Waals surface area (Å²) in [6.07, 6.45) is 10.8. The fourth-order valence-corrected chi connectivity index (χ4v) is 7.16. The summed E-state index contributed by atoms with van der Waals surface area (Å²) in [5, 5.41) is 12.4. The molecule has 3 aliphatic rings. The smallest absolute Gasteiger partial charge is 0.162 e. The Labute approximate surface area is 151 Å². The lowest BCUT2D eigenvalue weighted by Gasteiger charge is -2.30. The first-order chi connectivity index (χ1) is 12.3. The van der Waals surface area contributed by atoms with Crippen LogP contribution in [0.1, 0.15) is 50.0 Å². The number of hydrogen-bond donors (Lipinski definition) is 2. The first-order valence-electron chi connectivity index (χ1n) is 9.44. The third kappa shape index (κ3) is 2.83. The molecule has 0 bridgehead atoms. The summed E-state index contributed by atoms with van der Waals surface area (Å²) in [6, 6.07) is 10.9. The fourth-order valence-electron chi connectivity index (χ4n) is 4.55. The van der Waals surface area contributed by atoms with Crippen LogP contribution < -0.4 is 0 Å². The molecule has 2 saturated carbocycles. The van der Waals surface area contributed by atoms with Crippen molar-refractivity contribution < 1.29 is 5.11 Å². The third-order valence-electron chi connectivity index (χ3n) is 5.92. The molecule has 0 radical (unpaired) electrons. The standard InChI is InChI=1S/C20H25N3OS/c24-19(11-16-7-4-8-17(16)14-5-2-1-3-6-14)25-20(15-9-10-15)22-18-12-21-13-23(18)25/h1-3,5-6,12-13,15-17,19,24-25H,4,7-11H2. The second-order valence-corrected chi connectivity index (χ2v) is 9.78. The van der Waals surface area contributed by atoms with Gasteiger partial charge in [-0.3, -0.25) is 3.97 Å². The second-order valence-electron chi connectivity index (χ2n) is 7.61. The monoisotopic (exact) mass is 355 g/mol. The van der Waals surface area contributed by atoms with E-state index in [1.54, 1.807) is 0 Å². The van der Waals surface area contributed by atoms with E-state index in [2.05, 4.69) is 39.3 Å². The molecule has 2 aliphatic carbocycles. The van der Waals surface area contributed by atoms with Crippen LogP contribution in [0.4, 0.5) is 5.82 Å². The van der Waals surface area contributed by atoms with Crippen LogP contribution in [0.3, 0.4) is 0 Å². The van der Waals surface area contributed by atoms with Gasteiger partial charge in [0.2, 0.25) is 0 Å². The van der Waals surface area contributed by atoms with Crippen LogP contribution in [0.5, 0.6) is 0 Å². The van der Waals surface area contributed by atoms with Crippen molar-refractivity contribution in [3.05, 3.63) is 48.4 Å². The van der Waals surface area contributed by atoms with E-state index in [4.69, 9.17) is 4.99 Å². The highest BCUT2D eigenvalue weighted by Crippen LogP contribution is 2.54. The molecular formula is C20H25N3OS. The molecule has 4 nitrogen and oxygen atoms in total. The van der Waals surface area contributed by atoms with Crippen LogP contribution in [0.15, 0.2) is 47.8 Å². The number of benzene rings is 1. The number of thiol groups is 1. The maximum atomic E-state index is 11.2. The molecule has 0 spiro atoms. The van der Waals surface area contributed by atoms with Gasteiger partial charge < -0.3 is 5.11 Å². The van der Waals surface area contributed by atoms with E-state index in [9.17, 15) is 5.11 Å². The first-order valence-corrected chi connectivity index (χ1v) is 10.8. The number of aliphatic hydroxyl groups excluding tert-OH is 1. The maximum absolute atomic E-state index is 11.2. The maximum Gasteiger partial charge on any atom is 0.162 e. The second kappa shape index (κ2) is 6.29. The largest absolute Gasteiger partial charge is 0.382 e. The molecule has 2 aromatic rings. The van der Waals surface area contributed by atoms with Gasteiger partial charge in [-0.2, -0.15) is 0 Å². The fraction of sp³-hybridized carbons (Fsp3) is 0.500. The van der Waals surface area contributed by atoms with Gasteiger partial charge in [-0.15, -0.1) is 11.1 Å². The Hall–Kier alpha value is -1.59. The topological polar surface area (TPSA) is 50.4 Å². The van der Waals surface area contributed by atoms with E-state index < -0.39 is 11.1 Å². The average Bonchev–Trinajstić information content (AvgIpc) is 3.04. The molecule has 1 N–H and O–H groups in total. The minimum atomic E-state index is -0.770. The zero-order chi connectivity index (χ0) is 16.8. The van der Waals surface area contributed by atoms with Crippen molar-refractivity contribution >= 4 is 21.9 Å². The van der Waals surface area contributed by atoms with E-state index in [0.29, 0.717) is 17.8 Å². The number of aromatic nitrogens is 2. The van der Waals surface area contributed by atoms with Gasteiger partial charge in [0.15, 0.2) is 5.82 Å². The Morgan fingerprint density at radius 3 is 2.80 bits per heavy atom. The summed E-state index contributed by atoms with van der Waals surface area (Å²) in [4.78, 5) is 9.06. The summed E-state index contributed by atoms with van der Waals surface area (Å²) in [5.74, 6) is 2.72. The zero-order valence-corrected chi connectivity index (χ0v) is 15.2. The molecule has 0 saturated heterocycles. The molecule has 4 unspecified atom stereocenters. The third-order valence-corrected chi connectivity index (χ3v) is 8.40. The minimum absolute atomic E-state index is 0.306. The molecule has 4 atom stereocenters. The summed E-state index contributed by atoms with van der Waals surface area (Å²) < 4.78 is 2.15. The van der Waals surface area contributed by atoms with Crippen molar-refractivity contribution in [2.75, 3.05) is 0 Å². The number of aliphatic hydroxyl groups is 1. The highest BCUT2D eigenvalue weighted by molar-refractivity contribution is 8.29. The zero-order valence-electron chi connectivity index (χ0n) is 14.3. The van der Waals surface area contributed by atoms with Crippen LogP contribution in [0.25, 0.3) is 0 Å². The molecule has 2 fully saturated rings. The molecular weight excluding hydrogens is 330 g/mol. The van der Waals surface area contributed by atoms with Crippen molar-refractivity contribution in [3.8, 4) is 0 Å². The molecule has 5 rings (SSSR count). The van der Waals surface area contributed by atoms with Gasteiger partial charge in [0.1, 0.15) is 11.8 Å². The number of rotatable bonds is 5. The predicted octanol–water partition coefficient (Wildman–Crippen LogP) is 4.39. The molecule has 2 heterocycles. The van der Waals surface area contributed by atoms with E-state index >= 15 is 0 Å². The van der Waals surface area contributed by atoms with E-state index in [1.807, 2.05) is 12.5 Å². The minimum Gasteiger partial charge on any atom is -0.382 e. The Morgan fingerprint density at radius 2 is 2.00 bits per heavy atom. The molecule has 0 amide bonds. The van der Waals surface area contributed by atoms with E-state index in [0.717, 1.165) is 12.2 Å². The lowest BCUT2D eigenvalue weighted by molar-refractivity contribution is 0.217. The van der Waals surface area contributed by atoms with Crippen molar-refractivity contribution in [1.29, 1.82) is 0 Å². The first kappa shape index (κ1) is 15.6. The highest BCUT2D eigenvalue weighted by Gasteiger charge is 2.40. The molecule has 5 heteroatoms. The van der Waals surface area contributed by atoms with Gasteiger partial charge in [0.25, 0.3) is 0 Å². The normalized spacial score (nSPS) is 30.9. The lowest BCUT2D eigenvalue weighted by Crippen LogP contribution is -2.22. The van der Waals surface area contributed by atoms with Gasteiger partial charge in [0, 0.05) is 5.92 Å². The van der Waals surface area contributed by atoms with Gasteiger partial charge in [-0.1, -0.05) is 36.8 Å². The molecule has 1 aromatic carbocycles. The Bertz CT molecular complexity index is 783. The highest BCUT2D eigenvalue weighted by atomic mass is 32.2. The van der Waals surface area contributed by atoms with Crippen LogP contribution >= 0.6 is 11.1 Å². The molecule has 1 aliphatic heterocycles. The van der Waals surface area contributed by atoms with Gasteiger partial charge >= 0.3 is 0 Å². The van der Waals surface area contributed by atoms with Gasteiger partial charge in [-0.25, -0.2) is 9.98 Å².